The second kappa shape index (κ2) is 6.34. The van der Waals surface area contributed by atoms with Gasteiger partial charge in [0, 0.05) is 6.08 Å². The second-order valence-corrected chi connectivity index (χ2v) is 3.46. The Hall–Kier alpha value is -2.63. The summed E-state index contributed by atoms with van der Waals surface area (Å²) in [6, 6.07) is 3.90. The maximum Gasteiger partial charge on any atom is 0.338 e. The second-order valence-electron chi connectivity index (χ2n) is 3.46. The van der Waals surface area contributed by atoms with Crippen molar-refractivity contribution >= 4 is 23.8 Å². The third-order valence-corrected chi connectivity index (χ3v) is 2.33. The lowest BCUT2D eigenvalue weighted by atomic mass is 10.0. The van der Waals surface area contributed by atoms with Crippen LogP contribution >= 0.6 is 0 Å². The molecule has 0 aliphatic heterocycles. The van der Waals surface area contributed by atoms with Crippen LogP contribution in [-0.4, -0.2) is 37.6 Å². The Morgan fingerprint density at radius 1 is 1.21 bits per heavy atom. The van der Waals surface area contributed by atoms with Gasteiger partial charge in [-0.2, -0.15) is 0 Å². The zero-order valence-corrected chi connectivity index (χ0v) is 10.4. The normalized spacial score (nSPS) is 10.7. The van der Waals surface area contributed by atoms with Crippen molar-refractivity contribution < 1.29 is 29.0 Å². The van der Waals surface area contributed by atoms with Gasteiger partial charge in [-0.15, -0.1) is 0 Å². The van der Waals surface area contributed by atoms with Crippen LogP contribution in [0, 0.1) is 0 Å². The topological polar surface area (TPSA) is 89.9 Å². The van der Waals surface area contributed by atoms with E-state index in [0.717, 1.165) is 13.2 Å². The third kappa shape index (κ3) is 3.41. The van der Waals surface area contributed by atoms with E-state index in [1.807, 2.05) is 0 Å². The van der Waals surface area contributed by atoms with Gasteiger partial charge in [0.2, 0.25) is 0 Å². The molecule has 100 valence electrons. The number of esters is 2. The lowest BCUT2D eigenvalue weighted by Crippen LogP contribution is -2.07. The molecule has 6 nitrogen and oxygen atoms in total. The first-order valence-corrected chi connectivity index (χ1v) is 5.20. The number of carbonyl (C=O) groups is 3. The van der Waals surface area contributed by atoms with E-state index in [1.165, 1.54) is 25.3 Å². The lowest BCUT2D eigenvalue weighted by Gasteiger charge is -2.07. The van der Waals surface area contributed by atoms with Crippen LogP contribution in [0.25, 0.3) is 5.57 Å². The number of phenols is 1. The highest BCUT2D eigenvalue weighted by Crippen LogP contribution is 2.22. The van der Waals surface area contributed by atoms with Gasteiger partial charge >= 0.3 is 11.9 Å². The first kappa shape index (κ1) is 14.4. The summed E-state index contributed by atoms with van der Waals surface area (Å²) in [5.74, 6) is -1.71. The summed E-state index contributed by atoms with van der Waals surface area (Å²) in [6.07, 6.45) is 1.39. The van der Waals surface area contributed by atoms with E-state index in [9.17, 15) is 19.5 Å². The Bertz CT molecular complexity index is 544. The molecular weight excluding hydrogens is 252 g/mol. The van der Waals surface area contributed by atoms with Crippen molar-refractivity contribution in [3.63, 3.8) is 0 Å². The fourth-order valence-electron chi connectivity index (χ4n) is 1.36. The van der Waals surface area contributed by atoms with E-state index >= 15 is 0 Å². The first-order valence-electron chi connectivity index (χ1n) is 5.20. The van der Waals surface area contributed by atoms with E-state index < -0.39 is 11.9 Å². The van der Waals surface area contributed by atoms with Crippen LogP contribution < -0.4 is 0 Å². The van der Waals surface area contributed by atoms with E-state index in [0.29, 0.717) is 6.29 Å². The van der Waals surface area contributed by atoms with Gasteiger partial charge in [-0.1, -0.05) is 6.07 Å². The number of aldehydes is 1. The van der Waals surface area contributed by atoms with Crippen LogP contribution in [0.1, 0.15) is 15.9 Å². The number of ether oxygens (including phenoxy) is 2. The standard InChI is InChI=1S/C13H12O6/c1-18-12(16)6-10(13(17)19-2)8-3-4-11(15)9(5-8)7-14/h3-7,15H,1-2H3. The molecule has 19 heavy (non-hydrogen) atoms. The van der Waals surface area contributed by atoms with Crippen molar-refractivity contribution in [3.05, 3.63) is 35.4 Å². The molecule has 6 heteroatoms. The summed E-state index contributed by atoms with van der Waals surface area (Å²) in [6.45, 7) is 0. The van der Waals surface area contributed by atoms with Crippen molar-refractivity contribution in [1.29, 1.82) is 0 Å². The maximum atomic E-state index is 11.6. The van der Waals surface area contributed by atoms with Crippen molar-refractivity contribution in [2.24, 2.45) is 0 Å². The van der Waals surface area contributed by atoms with Crippen molar-refractivity contribution in [3.8, 4) is 5.75 Å². The van der Waals surface area contributed by atoms with Crippen LogP contribution in [0.2, 0.25) is 0 Å². The van der Waals surface area contributed by atoms with Gasteiger partial charge in [-0.25, -0.2) is 9.59 Å². The summed E-state index contributed by atoms with van der Waals surface area (Å²) < 4.78 is 8.99. The molecule has 1 N–H and O–H groups in total. The molecule has 0 saturated carbocycles. The molecular formula is C13H12O6. The number of methoxy groups -OCH3 is 2. The highest BCUT2D eigenvalue weighted by Gasteiger charge is 2.16. The van der Waals surface area contributed by atoms with E-state index in [1.54, 1.807) is 0 Å². The molecule has 0 aliphatic carbocycles. The zero-order valence-electron chi connectivity index (χ0n) is 10.4. The molecule has 0 radical (unpaired) electrons. The monoisotopic (exact) mass is 264 g/mol. The van der Waals surface area contributed by atoms with Crippen LogP contribution in [0.4, 0.5) is 0 Å². The molecule has 0 atom stereocenters. The molecule has 0 bridgehead atoms. The highest BCUT2D eigenvalue weighted by molar-refractivity contribution is 6.20. The SMILES string of the molecule is COC(=O)C=C(C(=O)OC)c1ccc(O)c(C=O)c1. The Morgan fingerprint density at radius 3 is 2.42 bits per heavy atom. The van der Waals surface area contributed by atoms with Crippen LogP contribution in [0.15, 0.2) is 24.3 Å². The summed E-state index contributed by atoms with van der Waals surface area (Å²) in [5, 5.41) is 9.38. The third-order valence-electron chi connectivity index (χ3n) is 2.33. The van der Waals surface area contributed by atoms with Gasteiger partial charge in [-0.05, 0) is 17.7 Å². The molecule has 1 rings (SSSR count). The number of hydrogen-bond donors (Lipinski definition) is 1. The van der Waals surface area contributed by atoms with Gasteiger partial charge < -0.3 is 14.6 Å². The number of rotatable bonds is 4. The first-order chi connectivity index (χ1) is 9.03. The Balaban J connectivity index is 3.33. The molecule has 0 saturated heterocycles. The quantitative estimate of drug-likeness (QED) is 0.494. The largest absolute Gasteiger partial charge is 0.507 e. The van der Waals surface area contributed by atoms with Gasteiger partial charge in [-0.3, -0.25) is 4.79 Å². The Morgan fingerprint density at radius 2 is 1.89 bits per heavy atom. The number of hydrogen-bond acceptors (Lipinski definition) is 6. The summed E-state index contributed by atoms with van der Waals surface area (Å²) in [5.41, 5.74) is 0.187. The minimum absolute atomic E-state index is 0.00262. The fraction of sp³-hybridized carbons (Fsp3) is 0.154. The van der Waals surface area contributed by atoms with Gasteiger partial charge in [0.25, 0.3) is 0 Å². The zero-order chi connectivity index (χ0) is 14.4. The van der Waals surface area contributed by atoms with Crippen LogP contribution in [0.3, 0.4) is 0 Å². The molecule has 0 heterocycles. The average molecular weight is 264 g/mol. The molecule has 1 aromatic rings. The molecule has 0 aromatic heterocycles. The Labute approximate surface area is 109 Å². The lowest BCUT2D eigenvalue weighted by molar-refractivity contribution is -0.136. The Kier molecular flexibility index (Phi) is 4.82. The smallest absolute Gasteiger partial charge is 0.338 e. The number of benzene rings is 1. The minimum Gasteiger partial charge on any atom is -0.507 e. The van der Waals surface area contributed by atoms with Crippen LogP contribution in [0.5, 0.6) is 5.75 Å². The number of phenolic OH excluding ortho intramolecular Hbond substituents is 1. The molecule has 0 amide bonds. The average Bonchev–Trinajstić information content (AvgIpc) is 2.44. The van der Waals surface area contributed by atoms with Crippen LogP contribution in [-0.2, 0) is 19.1 Å². The van der Waals surface area contributed by atoms with Crippen molar-refractivity contribution in [2.45, 2.75) is 0 Å². The van der Waals surface area contributed by atoms with Gasteiger partial charge in [0.05, 0.1) is 25.4 Å². The van der Waals surface area contributed by atoms with Crippen molar-refractivity contribution in [2.75, 3.05) is 14.2 Å². The van der Waals surface area contributed by atoms with Gasteiger partial charge in [0.15, 0.2) is 6.29 Å². The molecule has 0 fully saturated rings. The van der Waals surface area contributed by atoms with Gasteiger partial charge in [0.1, 0.15) is 5.75 Å². The van der Waals surface area contributed by atoms with Crippen molar-refractivity contribution in [1.82, 2.24) is 0 Å². The van der Waals surface area contributed by atoms with E-state index in [4.69, 9.17) is 0 Å². The fourth-order valence-corrected chi connectivity index (χ4v) is 1.36. The summed E-state index contributed by atoms with van der Waals surface area (Å²) >= 11 is 0. The predicted octanol–water partition coefficient (Wildman–Crippen LogP) is 0.934. The highest BCUT2D eigenvalue weighted by atomic mass is 16.5. The van der Waals surface area contributed by atoms with E-state index in [2.05, 4.69) is 9.47 Å². The summed E-state index contributed by atoms with van der Waals surface area (Å²) in [4.78, 5) is 33.5. The molecule has 0 unspecified atom stereocenters. The minimum atomic E-state index is -0.757. The molecule has 1 aromatic carbocycles. The number of carbonyl (C=O) groups excluding carboxylic acids is 3. The summed E-state index contributed by atoms with van der Waals surface area (Å²) in [7, 11) is 2.33. The number of aromatic hydroxyl groups is 1. The van der Waals surface area contributed by atoms with E-state index in [-0.39, 0.29) is 22.4 Å². The molecule has 0 aliphatic rings. The maximum absolute atomic E-state index is 11.6. The predicted molar refractivity (Wildman–Crippen MR) is 65.5 cm³/mol. The molecule has 0 spiro atoms.